The average molecular weight is 336 g/mol. The first-order valence-electron chi connectivity index (χ1n) is 8.27. The molecule has 2 aliphatic heterocycles. The number of amides is 2. The van der Waals surface area contributed by atoms with Gasteiger partial charge in [-0.2, -0.15) is 0 Å². The molecule has 1 aromatic heterocycles. The van der Waals surface area contributed by atoms with E-state index in [9.17, 15) is 9.90 Å². The van der Waals surface area contributed by atoms with E-state index < -0.39 is 12.2 Å². The lowest BCUT2D eigenvalue weighted by atomic mass is 10.1. The fourth-order valence-corrected chi connectivity index (χ4v) is 2.85. The third-order valence-corrected chi connectivity index (χ3v) is 4.31. The van der Waals surface area contributed by atoms with Crippen molar-refractivity contribution < 1.29 is 19.4 Å². The Morgan fingerprint density at radius 2 is 2.21 bits per heavy atom. The third-order valence-electron chi connectivity index (χ3n) is 4.31. The zero-order chi connectivity index (χ0) is 16.8. The summed E-state index contributed by atoms with van der Waals surface area (Å²) in [6, 6.07) is 5.41. The van der Waals surface area contributed by atoms with Gasteiger partial charge in [0.1, 0.15) is 6.10 Å². The molecule has 2 saturated heterocycles. The van der Waals surface area contributed by atoms with Crippen molar-refractivity contribution in [1.82, 2.24) is 20.5 Å². The number of aliphatic hydroxyl groups excluding tert-OH is 1. The second kappa shape index (κ2) is 8.39. The van der Waals surface area contributed by atoms with Crippen molar-refractivity contribution >= 4 is 6.03 Å². The predicted octanol–water partition coefficient (Wildman–Crippen LogP) is -0.659. The monoisotopic (exact) mass is 336 g/mol. The quantitative estimate of drug-likeness (QED) is 0.661. The van der Waals surface area contributed by atoms with Gasteiger partial charge >= 0.3 is 6.03 Å². The van der Waals surface area contributed by atoms with E-state index in [-0.39, 0.29) is 12.1 Å². The highest BCUT2D eigenvalue weighted by Gasteiger charge is 2.36. The smallest absolute Gasteiger partial charge is 0.317 e. The Kier molecular flexibility index (Phi) is 5.97. The summed E-state index contributed by atoms with van der Waals surface area (Å²) in [4.78, 5) is 18.0. The molecule has 2 fully saturated rings. The Morgan fingerprint density at radius 3 is 2.96 bits per heavy atom. The number of hydrogen-bond donors (Lipinski definition) is 3. The summed E-state index contributed by atoms with van der Waals surface area (Å²) in [5, 5.41) is 16.4. The van der Waals surface area contributed by atoms with Crippen LogP contribution in [-0.4, -0.2) is 78.7 Å². The van der Waals surface area contributed by atoms with E-state index >= 15 is 0 Å². The largest absolute Gasteiger partial charge is 0.389 e. The minimum atomic E-state index is -0.668. The van der Waals surface area contributed by atoms with E-state index in [0.717, 1.165) is 5.69 Å². The molecule has 132 valence electrons. The molecule has 0 radical (unpaired) electrons. The molecule has 8 heteroatoms. The van der Waals surface area contributed by atoms with Crippen molar-refractivity contribution in [2.75, 3.05) is 39.5 Å². The first kappa shape index (κ1) is 17.1. The molecule has 0 saturated carbocycles. The van der Waals surface area contributed by atoms with Crippen LogP contribution in [0.25, 0.3) is 0 Å². The van der Waals surface area contributed by atoms with Gasteiger partial charge in [0.25, 0.3) is 0 Å². The van der Waals surface area contributed by atoms with Crippen molar-refractivity contribution in [3.8, 4) is 0 Å². The van der Waals surface area contributed by atoms with Crippen LogP contribution in [-0.2, 0) is 16.0 Å². The van der Waals surface area contributed by atoms with Crippen LogP contribution in [0.4, 0.5) is 4.79 Å². The number of rotatable bonds is 5. The highest BCUT2D eigenvalue weighted by molar-refractivity contribution is 5.74. The van der Waals surface area contributed by atoms with Gasteiger partial charge in [0.15, 0.2) is 0 Å². The maximum absolute atomic E-state index is 12.1. The standard InChI is InChI=1S/C16H24N4O4/c21-15-13(18-9-12-3-1-2-4-17-12)11-24-14(15)10-19-16(22)20-5-7-23-8-6-20/h1-4,13-15,18,21H,5-11H2,(H,19,22)/t13-,14-,15+/m1/s1. The summed E-state index contributed by atoms with van der Waals surface area (Å²) >= 11 is 0. The minimum absolute atomic E-state index is 0.140. The van der Waals surface area contributed by atoms with Crippen LogP contribution in [0.2, 0.25) is 0 Å². The van der Waals surface area contributed by atoms with Gasteiger partial charge in [-0.05, 0) is 12.1 Å². The molecule has 3 heterocycles. The third kappa shape index (κ3) is 4.41. The maximum Gasteiger partial charge on any atom is 0.317 e. The lowest BCUT2D eigenvalue weighted by molar-refractivity contribution is 0.0360. The molecule has 8 nitrogen and oxygen atoms in total. The first-order valence-corrected chi connectivity index (χ1v) is 8.27. The Hall–Kier alpha value is -1.74. The van der Waals surface area contributed by atoms with Gasteiger partial charge in [-0.1, -0.05) is 6.07 Å². The van der Waals surface area contributed by atoms with E-state index in [0.29, 0.717) is 46.0 Å². The van der Waals surface area contributed by atoms with Gasteiger partial charge in [0.2, 0.25) is 0 Å². The molecule has 0 bridgehead atoms. The molecule has 3 atom stereocenters. The van der Waals surface area contributed by atoms with Gasteiger partial charge in [-0.15, -0.1) is 0 Å². The lowest BCUT2D eigenvalue weighted by Gasteiger charge is -2.27. The summed E-state index contributed by atoms with van der Waals surface area (Å²) in [6.07, 6.45) is 0.665. The molecule has 0 unspecified atom stereocenters. The van der Waals surface area contributed by atoms with Gasteiger partial charge < -0.3 is 30.1 Å². The van der Waals surface area contributed by atoms with Crippen LogP contribution in [0.1, 0.15) is 5.69 Å². The van der Waals surface area contributed by atoms with Crippen molar-refractivity contribution in [3.05, 3.63) is 30.1 Å². The number of ether oxygens (including phenoxy) is 2. The number of urea groups is 1. The molecule has 0 aliphatic carbocycles. The van der Waals surface area contributed by atoms with E-state index in [2.05, 4.69) is 15.6 Å². The van der Waals surface area contributed by atoms with Crippen molar-refractivity contribution in [3.63, 3.8) is 0 Å². The number of carbonyl (C=O) groups excluding carboxylic acids is 1. The van der Waals surface area contributed by atoms with Crippen LogP contribution in [0.3, 0.4) is 0 Å². The van der Waals surface area contributed by atoms with Gasteiger partial charge in [0.05, 0.1) is 37.7 Å². The molecule has 3 rings (SSSR count). The zero-order valence-electron chi connectivity index (χ0n) is 13.6. The van der Waals surface area contributed by atoms with Crippen LogP contribution >= 0.6 is 0 Å². The minimum Gasteiger partial charge on any atom is -0.389 e. The highest BCUT2D eigenvalue weighted by Crippen LogP contribution is 2.14. The van der Waals surface area contributed by atoms with Crippen molar-refractivity contribution in [2.24, 2.45) is 0 Å². The van der Waals surface area contributed by atoms with Crippen LogP contribution in [0.5, 0.6) is 0 Å². The van der Waals surface area contributed by atoms with Crippen LogP contribution < -0.4 is 10.6 Å². The fourth-order valence-electron chi connectivity index (χ4n) is 2.85. The SMILES string of the molecule is O=C(NC[C@H]1OC[C@@H](NCc2ccccn2)[C@@H]1O)N1CCOCC1. The number of aromatic nitrogens is 1. The molecule has 0 aromatic carbocycles. The molecule has 0 spiro atoms. The van der Waals surface area contributed by atoms with Gasteiger partial charge in [-0.25, -0.2) is 4.79 Å². The van der Waals surface area contributed by atoms with E-state index in [1.165, 1.54) is 0 Å². The fraction of sp³-hybridized carbons (Fsp3) is 0.625. The number of nitrogens with one attached hydrogen (secondary N) is 2. The highest BCUT2D eigenvalue weighted by atomic mass is 16.5. The predicted molar refractivity (Wildman–Crippen MR) is 86.4 cm³/mol. The second-order valence-electron chi connectivity index (χ2n) is 5.96. The summed E-state index contributed by atoms with van der Waals surface area (Å²) in [5.41, 5.74) is 0.911. The molecular weight excluding hydrogens is 312 g/mol. The normalized spacial score (nSPS) is 27.2. The van der Waals surface area contributed by atoms with Crippen LogP contribution in [0.15, 0.2) is 24.4 Å². The summed E-state index contributed by atoms with van der Waals surface area (Å²) in [7, 11) is 0. The van der Waals surface area contributed by atoms with E-state index in [4.69, 9.17) is 9.47 Å². The second-order valence-corrected chi connectivity index (χ2v) is 5.96. The molecule has 2 amide bonds. The number of nitrogens with zero attached hydrogens (tertiary/aromatic N) is 2. The first-order chi connectivity index (χ1) is 11.7. The average Bonchev–Trinajstić information content (AvgIpc) is 2.99. The van der Waals surface area contributed by atoms with Gasteiger partial charge in [-0.3, -0.25) is 4.98 Å². The van der Waals surface area contributed by atoms with Crippen molar-refractivity contribution in [1.29, 1.82) is 0 Å². The topological polar surface area (TPSA) is 96.0 Å². The molecular formula is C16H24N4O4. The number of aliphatic hydroxyl groups is 1. The Balaban J connectivity index is 1.40. The molecule has 3 N–H and O–H groups in total. The number of carbonyl (C=O) groups is 1. The van der Waals surface area contributed by atoms with Gasteiger partial charge in [0, 0.05) is 32.4 Å². The van der Waals surface area contributed by atoms with Crippen molar-refractivity contribution in [2.45, 2.75) is 24.8 Å². The number of hydrogen-bond acceptors (Lipinski definition) is 6. The maximum atomic E-state index is 12.1. The summed E-state index contributed by atoms with van der Waals surface area (Å²) in [6.45, 7) is 3.58. The van der Waals surface area contributed by atoms with Crippen LogP contribution in [0, 0.1) is 0 Å². The molecule has 24 heavy (non-hydrogen) atoms. The molecule has 2 aliphatic rings. The van der Waals surface area contributed by atoms with E-state index in [1.54, 1.807) is 11.1 Å². The molecule has 1 aromatic rings. The number of pyridine rings is 1. The summed E-state index contributed by atoms with van der Waals surface area (Å²) < 4.78 is 10.8. The van der Waals surface area contributed by atoms with E-state index in [1.807, 2.05) is 18.2 Å². The Labute approximate surface area is 141 Å². The summed E-state index contributed by atoms with van der Waals surface area (Å²) in [5.74, 6) is 0. The Morgan fingerprint density at radius 1 is 1.38 bits per heavy atom. The lowest BCUT2D eigenvalue weighted by Crippen LogP contribution is -2.50. The number of morpholine rings is 1. The Bertz CT molecular complexity index is 524. The zero-order valence-corrected chi connectivity index (χ0v) is 13.6.